The van der Waals surface area contributed by atoms with Crippen LogP contribution in [0.4, 0.5) is 0 Å². The van der Waals surface area contributed by atoms with Gasteiger partial charge in [-0.2, -0.15) is 0 Å². The molecule has 1 heterocycles. The van der Waals surface area contributed by atoms with Crippen molar-refractivity contribution in [2.24, 2.45) is 11.8 Å². The van der Waals surface area contributed by atoms with Crippen molar-refractivity contribution in [3.05, 3.63) is 69.0 Å². The van der Waals surface area contributed by atoms with Gasteiger partial charge in [0.25, 0.3) is 11.5 Å². The third kappa shape index (κ3) is 6.45. The minimum Gasteiger partial charge on any atom is -0.352 e. The largest absolute Gasteiger partial charge is 0.352 e. The van der Waals surface area contributed by atoms with Crippen LogP contribution in [0.2, 0.25) is 5.02 Å². The Bertz CT molecular complexity index is 1240. The van der Waals surface area contributed by atoms with Crippen LogP contribution in [0.1, 0.15) is 48.4 Å². The van der Waals surface area contributed by atoms with Crippen LogP contribution < -0.4 is 10.9 Å². The maximum atomic E-state index is 13.2. The zero-order chi connectivity index (χ0) is 24.1. The van der Waals surface area contributed by atoms with Gasteiger partial charge in [-0.1, -0.05) is 63.2 Å². The molecule has 0 radical (unpaired) electrons. The Morgan fingerprint density at radius 2 is 1.82 bits per heavy atom. The van der Waals surface area contributed by atoms with Gasteiger partial charge in [0.2, 0.25) is 0 Å². The van der Waals surface area contributed by atoms with E-state index in [-0.39, 0.29) is 28.9 Å². The number of nitrogens with one attached hydrogen (secondary N) is 1. The van der Waals surface area contributed by atoms with Crippen LogP contribution in [0, 0.1) is 11.8 Å². The van der Waals surface area contributed by atoms with Crippen molar-refractivity contribution in [2.45, 2.75) is 39.4 Å². The molecule has 1 N–H and O–H groups in total. The average Bonchev–Trinajstić information content (AvgIpc) is 2.77. The van der Waals surface area contributed by atoms with Crippen molar-refractivity contribution in [3.63, 3.8) is 0 Å². The topological polar surface area (TPSA) is 81.1 Å². The summed E-state index contributed by atoms with van der Waals surface area (Å²) in [7, 11) is 0. The maximum Gasteiger partial charge on any atom is 0.262 e. The molecule has 0 saturated carbocycles. The van der Waals surface area contributed by atoms with E-state index in [0.717, 1.165) is 0 Å². The summed E-state index contributed by atoms with van der Waals surface area (Å²) >= 11 is 7.22. The number of amides is 1. The second kappa shape index (κ2) is 11.0. The summed E-state index contributed by atoms with van der Waals surface area (Å²) in [5, 5.41) is 4.28. The van der Waals surface area contributed by atoms with Crippen molar-refractivity contribution in [3.8, 4) is 0 Å². The molecular weight excluding hydrogens is 458 g/mol. The summed E-state index contributed by atoms with van der Waals surface area (Å²) in [5.74, 6) is 0.353. The molecule has 33 heavy (non-hydrogen) atoms. The first kappa shape index (κ1) is 25.0. The molecule has 2 aromatic carbocycles. The van der Waals surface area contributed by atoms with E-state index in [4.69, 9.17) is 11.6 Å². The minimum absolute atomic E-state index is 0.102. The first-order valence-electron chi connectivity index (χ1n) is 10.9. The van der Waals surface area contributed by atoms with Gasteiger partial charge in [0.1, 0.15) is 0 Å². The fourth-order valence-corrected chi connectivity index (χ4v) is 4.35. The Balaban J connectivity index is 1.95. The number of halogens is 1. The molecule has 0 saturated heterocycles. The third-order valence-corrected chi connectivity index (χ3v) is 6.09. The minimum atomic E-state index is -0.205. The average molecular weight is 486 g/mol. The van der Waals surface area contributed by atoms with Gasteiger partial charge >= 0.3 is 0 Å². The predicted octanol–water partition coefficient (Wildman–Crippen LogP) is 5.07. The van der Waals surface area contributed by atoms with E-state index < -0.39 is 0 Å². The van der Waals surface area contributed by atoms with E-state index in [1.54, 1.807) is 47.0 Å². The standard InChI is InChI=1S/C25H28ClN3O3S/c1-15(2)12-27-23(31)18-8-9-20-21(11-18)28-25(29(24(20)32)13-16(3)4)33-14-22(30)17-6-5-7-19(26)10-17/h5-11,15-16H,12-14H2,1-4H3,(H,27,31). The number of carbonyl (C=O) groups is 2. The van der Waals surface area contributed by atoms with Crippen molar-refractivity contribution >= 4 is 46.0 Å². The van der Waals surface area contributed by atoms with Crippen LogP contribution in [-0.2, 0) is 6.54 Å². The van der Waals surface area contributed by atoms with Crippen molar-refractivity contribution in [2.75, 3.05) is 12.3 Å². The molecule has 174 valence electrons. The monoisotopic (exact) mass is 485 g/mol. The Morgan fingerprint density at radius 3 is 2.48 bits per heavy atom. The molecule has 0 aliphatic heterocycles. The number of aromatic nitrogens is 2. The molecule has 0 atom stereocenters. The van der Waals surface area contributed by atoms with E-state index in [1.165, 1.54) is 11.8 Å². The smallest absolute Gasteiger partial charge is 0.262 e. The van der Waals surface area contributed by atoms with Gasteiger partial charge in [-0.05, 0) is 42.2 Å². The highest BCUT2D eigenvalue weighted by atomic mass is 35.5. The van der Waals surface area contributed by atoms with Gasteiger partial charge in [0, 0.05) is 29.2 Å². The van der Waals surface area contributed by atoms with E-state index >= 15 is 0 Å². The molecule has 6 nitrogen and oxygen atoms in total. The Kier molecular flexibility index (Phi) is 8.32. The molecule has 3 aromatic rings. The number of thioether (sulfide) groups is 1. The predicted molar refractivity (Wildman–Crippen MR) is 135 cm³/mol. The molecule has 0 aliphatic rings. The highest BCUT2D eigenvalue weighted by Gasteiger charge is 2.17. The summed E-state index contributed by atoms with van der Waals surface area (Å²) < 4.78 is 1.61. The van der Waals surface area contributed by atoms with Gasteiger partial charge < -0.3 is 5.32 Å². The zero-order valence-corrected chi connectivity index (χ0v) is 20.8. The van der Waals surface area contributed by atoms with Gasteiger partial charge in [-0.15, -0.1) is 0 Å². The summed E-state index contributed by atoms with van der Waals surface area (Å²) in [6.07, 6.45) is 0. The molecule has 1 aromatic heterocycles. The molecule has 1 amide bonds. The van der Waals surface area contributed by atoms with Crippen molar-refractivity contribution < 1.29 is 9.59 Å². The normalized spacial score (nSPS) is 11.4. The van der Waals surface area contributed by atoms with Crippen LogP contribution in [0.5, 0.6) is 0 Å². The number of hydrogen-bond donors (Lipinski definition) is 1. The Morgan fingerprint density at radius 1 is 1.06 bits per heavy atom. The quantitative estimate of drug-likeness (QED) is 0.260. The fraction of sp³-hybridized carbons (Fsp3) is 0.360. The van der Waals surface area contributed by atoms with Gasteiger partial charge in [-0.3, -0.25) is 19.0 Å². The van der Waals surface area contributed by atoms with Crippen LogP contribution in [0.15, 0.2) is 52.4 Å². The Labute approximate surface area is 202 Å². The molecule has 0 spiro atoms. The van der Waals surface area contributed by atoms with Crippen LogP contribution in [0.25, 0.3) is 10.9 Å². The van der Waals surface area contributed by atoms with E-state index in [9.17, 15) is 14.4 Å². The molecule has 0 unspecified atom stereocenters. The van der Waals surface area contributed by atoms with Crippen LogP contribution >= 0.6 is 23.4 Å². The molecule has 0 bridgehead atoms. The number of carbonyl (C=O) groups excluding carboxylic acids is 2. The lowest BCUT2D eigenvalue weighted by Gasteiger charge is -2.15. The van der Waals surface area contributed by atoms with E-state index in [2.05, 4.69) is 10.3 Å². The van der Waals surface area contributed by atoms with E-state index in [0.29, 0.717) is 51.2 Å². The zero-order valence-electron chi connectivity index (χ0n) is 19.2. The van der Waals surface area contributed by atoms with Crippen LogP contribution in [0.3, 0.4) is 0 Å². The molecule has 0 fully saturated rings. The number of fused-ring (bicyclic) bond motifs is 1. The molecule has 3 rings (SSSR count). The Hall–Kier alpha value is -2.64. The first-order chi connectivity index (χ1) is 15.7. The maximum absolute atomic E-state index is 13.2. The first-order valence-corrected chi connectivity index (χ1v) is 12.3. The number of Topliss-reactive ketones (excluding diaryl/α,β-unsaturated/α-hetero) is 1. The van der Waals surface area contributed by atoms with Gasteiger partial charge in [-0.25, -0.2) is 4.98 Å². The fourth-order valence-electron chi connectivity index (χ4n) is 3.25. The number of nitrogens with zero attached hydrogens (tertiary/aromatic N) is 2. The lowest BCUT2D eigenvalue weighted by atomic mass is 10.1. The summed E-state index contributed by atoms with van der Waals surface area (Å²) in [4.78, 5) is 43.1. The number of rotatable bonds is 9. The van der Waals surface area contributed by atoms with Crippen molar-refractivity contribution in [1.82, 2.24) is 14.9 Å². The highest BCUT2D eigenvalue weighted by Crippen LogP contribution is 2.22. The number of ketones is 1. The highest BCUT2D eigenvalue weighted by molar-refractivity contribution is 7.99. The lowest BCUT2D eigenvalue weighted by molar-refractivity contribution is 0.0948. The van der Waals surface area contributed by atoms with Crippen molar-refractivity contribution in [1.29, 1.82) is 0 Å². The van der Waals surface area contributed by atoms with E-state index in [1.807, 2.05) is 27.7 Å². The van der Waals surface area contributed by atoms with Gasteiger partial charge in [0.15, 0.2) is 10.9 Å². The van der Waals surface area contributed by atoms with Crippen LogP contribution in [-0.4, -0.2) is 33.5 Å². The SMILES string of the molecule is CC(C)CNC(=O)c1ccc2c(=O)n(CC(C)C)c(SCC(=O)c3cccc(Cl)c3)nc2c1. The summed E-state index contributed by atoms with van der Waals surface area (Å²) in [6.45, 7) is 9.12. The lowest BCUT2D eigenvalue weighted by Crippen LogP contribution is -2.28. The summed E-state index contributed by atoms with van der Waals surface area (Å²) in [5.41, 5.74) is 1.22. The molecule has 0 aliphatic carbocycles. The molecular formula is C25H28ClN3O3S. The molecule has 8 heteroatoms. The third-order valence-electron chi connectivity index (χ3n) is 4.88. The second-order valence-electron chi connectivity index (χ2n) is 8.76. The number of hydrogen-bond acceptors (Lipinski definition) is 5. The number of benzene rings is 2. The van der Waals surface area contributed by atoms with Gasteiger partial charge in [0.05, 0.1) is 16.7 Å². The second-order valence-corrected chi connectivity index (χ2v) is 10.1. The summed E-state index contributed by atoms with van der Waals surface area (Å²) in [6, 6.07) is 11.7.